The van der Waals surface area contributed by atoms with Crippen LogP contribution in [0.25, 0.3) is 16.5 Å². The summed E-state index contributed by atoms with van der Waals surface area (Å²) >= 11 is 0. The van der Waals surface area contributed by atoms with Crippen molar-refractivity contribution in [1.29, 1.82) is 0 Å². The number of benzene rings is 2. The number of nitro benzene ring substituents is 1. The Bertz CT molecular complexity index is 1060. The maximum absolute atomic E-state index is 11.3. The molecule has 5 rings (SSSR count). The summed E-state index contributed by atoms with van der Waals surface area (Å²) in [4.78, 5) is 10.9. The predicted molar refractivity (Wildman–Crippen MR) is 92.5 cm³/mol. The van der Waals surface area contributed by atoms with Gasteiger partial charge in [-0.1, -0.05) is 30.4 Å². The van der Waals surface area contributed by atoms with Gasteiger partial charge in [-0.3, -0.25) is 14.7 Å². The molecule has 2 N–H and O–H groups in total. The Morgan fingerprint density at radius 2 is 1.56 bits per heavy atom. The highest BCUT2D eigenvalue weighted by Crippen LogP contribution is 2.57. The average Bonchev–Trinajstić information content (AvgIpc) is 3.28. The SMILES string of the molecule is O=[N+]([O-])c1ccc(-n2c(O)c3c(c2O)C2C=CC3C2)c2ccccc12. The minimum atomic E-state index is -0.425. The van der Waals surface area contributed by atoms with E-state index >= 15 is 0 Å². The first-order valence-electron chi connectivity index (χ1n) is 8.09. The lowest BCUT2D eigenvalue weighted by Gasteiger charge is -2.12. The number of non-ortho nitro benzene ring substituents is 1. The van der Waals surface area contributed by atoms with Crippen LogP contribution in [0.4, 0.5) is 5.69 Å². The molecule has 0 spiro atoms. The molecule has 2 unspecified atom stereocenters. The Labute approximate surface area is 142 Å². The van der Waals surface area contributed by atoms with Gasteiger partial charge >= 0.3 is 0 Å². The monoisotopic (exact) mass is 334 g/mol. The molecule has 2 aromatic carbocycles. The molecule has 1 aromatic heterocycles. The van der Waals surface area contributed by atoms with Gasteiger partial charge in [0.2, 0.25) is 11.8 Å². The van der Waals surface area contributed by atoms with Gasteiger partial charge in [0.25, 0.3) is 5.69 Å². The third-order valence-electron chi connectivity index (χ3n) is 5.34. The van der Waals surface area contributed by atoms with Crippen molar-refractivity contribution in [3.8, 4) is 17.4 Å². The Morgan fingerprint density at radius 3 is 2.16 bits per heavy atom. The van der Waals surface area contributed by atoms with E-state index in [0.717, 1.165) is 17.5 Å². The summed E-state index contributed by atoms with van der Waals surface area (Å²) in [6.07, 6.45) is 5.00. The first-order chi connectivity index (χ1) is 12.1. The first-order valence-corrected chi connectivity index (χ1v) is 8.09. The molecule has 124 valence electrons. The molecule has 0 aliphatic heterocycles. The molecule has 0 radical (unpaired) electrons. The van der Waals surface area contributed by atoms with Crippen molar-refractivity contribution in [2.75, 3.05) is 0 Å². The first kappa shape index (κ1) is 14.1. The van der Waals surface area contributed by atoms with Gasteiger partial charge in [-0.15, -0.1) is 0 Å². The molecule has 6 heteroatoms. The van der Waals surface area contributed by atoms with Crippen molar-refractivity contribution < 1.29 is 15.1 Å². The zero-order chi connectivity index (χ0) is 17.3. The normalized spacial score (nSPS) is 20.3. The maximum atomic E-state index is 11.3. The highest BCUT2D eigenvalue weighted by atomic mass is 16.6. The van der Waals surface area contributed by atoms with Gasteiger partial charge in [-0.05, 0) is 18.6 Å². The predicted octanol–water partition coefficient (Wildman–Crippen LogP) is 4.09. The Morgan fingerprint density at radius 1 is 0.960 bits per heavy atom. The molecule has 1 heterocycles. The van der Waals surface area contributed by atoms with Gasteiger partial charge in [0.1, 0.15) is 0 Å². The molecule has 0 fully saturated rings. The van der Waals surface area contributed by atoms with Gasteiger partial charge in [0, 0.05) is 34.4 Å². The number of fused-ring (bicyclic) bond motifs is 6. The second-order valence-corrected chi connectivity index (χ2v) is 6.55. The third kappa shape index (κ3) is 1.68. The van der Waals surface area contributed by atoms with Crippen molar-refractivity contribution >= 4 is 16.5 Å². The van der Waals surface area contributed by atoms with Gasteiger partial charge in [0.05, 0.1) is 16.0 Å². The number of hydrogen-bond donors (Lipinski definition) is 2. The average molecular weight is 334 g/mol. The molecule has 6 nitrogen and oxygen atoms in total. The second kappa shape index (κ2) is 4.63. The maximum Gasteiger partial charge on any atom is 0.277 e. The number of aromatic hydroxyl groups is 2. The van der Waals surface area contributed by atoms with Crippen molar-refractivity contribution in [3.05, 3.63) is 69.8 Å². The topological polar surface area (TPSA) is 88.5 Å². The number of hydrogen-bond acceptors (Lipinski definition) is 4. The standard InChI is InChI=1S/C19H14N2O4/c22-18-16-10-5-6-11(9-10)17(16)19(23)20(18)14-7-8-15(21(24)25)13-4-2-1-3-12(13)14/h1-8,10-11,22-23H,9H2. The van der Waals surface area contributed by atoms with E-state index in [-0.39, 0.29) is 29.3 Å². The van der Waals surface area contributed by atoms with Gasteiger partial charge in [0.15, 0.2) is 0 Å². The van der Waals surface area contributed by atoms with Crippen LogP contribution in [0.15, 0.2) is 48.6 Å². The van der Waals surface area contributed by atoms with Gasteiger partial charge in [-0.25, -0.2) is 0 Å². The van der Waals surface area contributed by atoms with E-state index < -0.39 is 4.92 Å². The fraction of sp³-hybridized carbons (Fsp3) is 0.158. The molecule has 2 bridgehead atoms. The lowest BCUT2D eigenvalue weighted by molar-refractivity contribution is -0.383. The number of rotatable bonds is 2. The fourth-order valence-corrected chi connectivity index (χ4v) is 4.29. The lowest BCUT2D eigenvalue weighted by atomic mass is 10.0. The van der Waals surface area contributed by atoms with E-state index in [1.165, 1.54) is 10.6 Å². The van der Waals surface area contributed by atoms with Gasteiger partial charge < -0.3 is 10.2 Å². The van der Waals surface area contributed by atoms with Crippen LogP contribution in [0, 0.1) is 10.1 Å². The number of nitro groups is 1. The lowest BCUT2D eigenvalue weighted by Crippen LogP contribution is -1.98. The number of aromatic nitrogens is 1. The van der Waals surface area contributed by atoms with E-state index in [1.807, 2.05) is 0 Å². The van der Waals surface area contributed by atoms with E-state index in [1.54, 1.807) is 30.3 Å². The van der Waals surface area contributed by atoms with Crippen LogP contribution in [0.2, 0.25) is 0 Å². The van der Waals surface area contributed by atoms with Crippen LogP contribution in [-0.4, -0.2) is 19.7 Å². The smallest absolute Gasteiger partial charge is 0.277 e. The largest absolute Gasteiger partial charge is 0.494 e. The van der Waals surface area contributed by atoms with Gasteiger partial charge in [-0.2, -0.15) is 0 Å². The Balaban J connectivity index is 1.82. The zero-order valence-electron chi connectivity index (χ0n) is 13.1. The van der Waals surface area contributed by atoms with Crippen LogP contribution in [0.1, 0.15) is 29.4 Å². The Hall–Kier alpha value is -3.28. The summed E-state index contributed by atoms with van der Waals surface area (Å²) in [5.74, 6) is 0.277. The molecule has 25 heavy (non-hydrogen) atoms. The molecule has 2 aliphatic carbocycles. The molecule has 0 saturated carbocycles. The summed E-state index contributed by atoms with van der Waals surface area (Å²) < 4.78 is 1.41. The molecular formula is C19H14N2O4. The summed E-state index contributed by atoms with van der Waals surface area (Å²) in [5.41, 5.74) is 2.07. The molecular weight excluding hydrogens is 320 g/mol. The van der Waals surface area contributed by atoms with E-state index in [4.69, 9.17) is 0 Å². The molecule has 2 aliphatic rings. The van der Waals surface area contributed by atoms with Crippen LogP contribution in [0.5, 0.6) is 11.8 Å². The van der Waals surface area contributed by atoms with Crippen molar-refractivity contribution in [3.63, 3.8) is 0 Å². The van der Waals surface area contributed by atoms with E-state index in [0.29, 0.717) is 16.5 Å². The van der Waals surface area contributed by atoms with Crippen molar-refractivity contribution in [2.45, 2.75) is 18.3 Å². The third-order valence-corrected chi connectivity index (χ3v) is 5.34. The molecule has 0 amide bonds. The molecule has 3 aromatic rings. The second-order valence-electron chi connectivity index (χ2n) is 6.55. The van der Waals surface area contributed by atoms with Crippen LogP contribution < -0.4 is 0 Å². The van der Waals surface area contributed by atoms with E-state index in [9.17, 15) is 20.3 Å². The minimum Gasteiger partial charge on any atom is -0.494 e. The molecule has 0 saturated heterocycles. The quantitative estimate of drug-likeness (QED) is 0.420. The number of nitrogens with zero attached hydrogens (tertiary/aromatic N) is 2. The molecule has 2 atom stereocenters. The summed E-state index contributed by atoms with van der Waals surface area (Å²) in [7, 11) is 0. The zero-order valence-corrected chi connectivity index (χ0v) is 13.1. The number of allylic oxidation sites excluding steroid dienone is 2. The van der Waals surface area contributed by atoms with E-state index in [2.05, 4.69) is 12.2 Å². The van der Waals surface area contributed by atoms with Crippen LogP contribution in [-0.2, 0) is 0 Å². The van der Waals surface area contributed by atoms with Crippen molar-refractivity contribution in [2.24, 2.45) is 0 Å². The Kier molecular flexibility index (Phi) is 2.61. The summed E-state index contributed by atoms with van der Waals surface area (Å²) in [5, 5.41) is 33.9. The highest BCUT2D eigenvalue weighted by molar-refractivity contribution is 5.97. The van der Waals surface area contributed by atoms with Crippen LogP contribution in [0.3, 0.4) is 0 Å². The summed E-state index contributed by atoms with van der Waals surface area (Å²) in [6, 6.07) is 9.94. The van der Waals surface area contributed by atoms with Crippen molar-refractivity contribution in [1.82, 2.24) is 4.57 Å². The minimum absolute atomic E-state index is 0.000220. The summed E-state index contributed by atoms with van der Waals surface area (Å²) in [6.45, 7) is 0. The fourth-order valence-electron chi connectivity index (χ4n) is 4.29. The highest BCUT2D eigenvalue weighted by Gasteiger charge is 2.41. The van der Waals surface area contributed by atoms with Crippen LogP contribution >= 0.6 is 0 Å².